The van der Waals surface area contributed by atoms with Crippen LogP contribution < -0.4 is 0 Å². The summed E-state index contributed by atoms with van der Waals surface area (Å²) in [5, 5.41) is 0.437. The van der Waals surface area contributed by atoms with E-state index in [-0.39, 0.29) is 4.90 Å². The number of benzene rings is 1. The molecular formula is C12H15Cl2NO2S. The van der Waals surface area contributed by atoms with E-state index in [1.165, 1.54) is 10.4 Å². The molecule has 6 heteroatoms. The van der Waals surface area contributed by atoms with Crippen molar-refractivity contribution in [2.24, 2.45) is 5.92 Å². The lowest BCUT2D eigenvalue weighted by atomic mass is 10.0. The average molecular weight is 308 g/mol. The molecule has 0 atom stereocenters. The molecule has 1 aliphatic rings. The zero-order chi connectivity index (χ0) is 13.2. The number of halogens is 2. The van der Waals surface area contributed by atoms with Gasteiger partial charge in [-0.1, -0.05) is 17.7 Å². The quantitative estimate of drug-likeness (QED) is 0.805. The highest BCUT2D eigenvalue weighted by Crippen LogP contribution is 2.25. The maximum absolute atomic E-state index is 12.4. The Morgan fingerprint density at radius 1 is 1.28 bits per heavy atom. The lowest BCUT2D eigenvalue weighted by Crippen LogP contribution is -2.38. The SMILES string of the molecule is O=S(=O)(c1cccc(Cl)c1)N1CCC(CCl)CC1. The average Bonchev–Trinajstić information content (AvgIpc) is 2.39. The first kappa shape index (κ1) is 14.1. The molecule has 0 bridgehead atoms. The second-order valence-corrected chi connectivity index (χ2v) is 7.14. The smallest absolute Gasteiger partial charge is 0.207 e. The van der Waals surface area contributed by atoms with E-state index >= 15 is 0 Å². The van der Waals surface area contributed by atoms with Crippen LogP contribution in [0.1, 0.15) is 12.8 Å². The molecule has 0 saturated carbocycles. The third-order valence-corrected chi connectivity index (χ3v) is 5.79. The molecule has 100 valence electrons. The molecule has 18 heavy (non-hydrogen) atoms. The van der Waals surface area contributed by atoms with Gasteiger partial charge in [0, 0.05) is 24.0 Å². The van der Waals surface area contributed by atoms with Crippen molar-refractivity contribution in [1.82, 2.24) is 4.31 Å². The van der Waals surface area contributed by atoms with Crippen molar-refractivity contribution in [2.75, 3.05) is 19.0 Å². The van der Waals surface area contributed by atoms with E-state index in [0.717, 1.165) is 12.8 Å². The number of rotatable bonds is 3. The van der Waals surface area contributed by atoms with Crippen LogP contribution in [0.4, 0.5) is 0 Å². The third kappa shape index (κ3) is 2.99. The van der Waals surface area contributed by atoms with Gasteiger partial charge in [0.1, 0.15) is 0 Å². The fraction of sp³-hybridized carbons (Fsp3) is 0.500. The van der Waals surface area contributed by atoms with Gasteiger partial charge in [0.25, 0.3) is 0 Å². The third-order valence-electron chi connectivity index (χ3n) is 3.23. The fourth-order valence-electron chi connectivity index (χ4n) is 2.08. The summed E-state index contributed by atoms with van der Waals surface area (Å²) >= 11 is 11.6. The van der Waals surface area contributed by atoms with Gasteiger partial charge >= 0.3 is 0 Å². The van der Waals surface area contributed by atoms with Crippen LogP contribution in [0.5, 0.6) is 0 Å². The van der Waals surface area contributed by atoms with Crippen LogP contribution in [0, 0.1) is 5.92 Å². The van der Waals surface area contributed by atoms with Crippen molar-refractivity contribution in [1.29, 1.82) is 0 Å². The number of piperidine rings is 1. The first-order valence-electron chi connectivity index (χ1n) is 5.85. The molecule has 1 fully saturated rings. The summed E-state index contributed by atoms with van der Waals surface area (Å²) < 4.78 is 26.3. The van der Waals surface area contributed by atoms with Crippen LogP contribution in [-0.2, 0) is 10.0 Å². The largest absolute Gasteiger partial charge is 0.243 e. The molecule has 0 aromatic heterocycles. The molecule has 1 aromatic rings. The minimum atomic E-state index is -3.41. The van der Waals surface area contributed by atoms with Crippen LogP contribution in [-0.4, -0.2) is 31.7 Å². The van der Waals surface area contributed by atoms with Crippen molar-refractivity contribution in [2.45, 2.75) is 17.7 Å². The van der Waals surface area contributed by atoms with Crippen molar-refractivity contribution in [3.8, 4) is 0 Å². The Hall–Kier alpha value is -0.290. The topological polar surface area (TPSA) is 37.4 Å². The highest BCUT2D eigenvalue weighted by molar-refractivity contribution is 7.89. The van der Waals surface area contributed by atoms with Crippen molar-refractivity contribution < 1.29 is 8.42 Å². The van der Waals surface area contributed by atoms with Gasteiger partial charge in [0.15, 0.2) is 0 Å². The number of hydrogen-bond donors (Lipinski definition) is 0. The first-order valence-corrected chi connectivity index (χ1v) is 8.21. The highest BCUT2D eigenvalue weighted by Gasteiger charge is 2.29. The number of hydrogen-bond acceptors (Lipinski definition) is 2. The Labute approximate surface area is 118 Å². The molecule has 0 amide bonds. The second-order valence-electron chi connectivity index (χ2n) is 4.46. The predicted molar refractivity (Wildman–Crippen MR) is 73.7 cm³/mol. The second kappa shape index (κ2) is 5.78. The van der Waals surface area contributed by atoms with Crippen molar-refractivity contribution in [3.63, 3.8) is 0 Å². The van der Waals surface area contributed by atoms with Gasteiger partial charge in [-0.15, -0.1) is 11.6 Å². The molecule has 0 spiro atoms. The molecule has 0 N–H and O–H groups in total. The molecule has 1 heterocycles. The van der Waals surface area contributed by atoms with E-state index in [2.05, 4.69) is 0 Å². The summed E-state index contributed by atoms with van der Waals surface area (Å²) in [6.07, 6.45) is 1.65. The Morgan fingerprint density at radius 2 is 1.94 bits per heavy atom. The summed E-state index contributed by atoms with van der Waals surface area (Å²) in [5.74, 6) is 1.03. The summed E-state index contributed by atoms with van der Waals surface area (Å²) in [7, 11) is -3.41. The van der Waals surface area contributed by atoms with Crippen LogP contribution in [0.15, 0.2) is 29.2 Å². The standard InChI is InChI=1S/C12H15Cl2NO2S/c13-9-10-4-6-15(7-5-10)18(16,17)12-3-1-2-11(14)8-12/h1-3,8,10H,4-7,9H2. The van der Waals surface area contributed by atoms with Gasteiger partial charge in [0.2, 0.25) is 10.0 Å². The molecule has 0 radical (unpaired) electrons. The lowest BCUT2D eigenvalue weighted by Gasteiger charge is -2.30. The van der Waals surface area contributed by atoms with E-state index in [0.29, 0.717) is 29.9 Å². The van der Waals surface area contributed by atoms with Gasteiger partial charge < -0.3 is 0 Å². The number of sulfonamides is 1. The van der Waals surface area contributed by atoms with E-state index < -0.39 is 10.0 Å². The van der Waals surface area contributed by atoms with E-state index in [1.54, 1.807) is 18.2 Å². The molecular weight excluding hydrogens is 293 g/mol. The van der Waals surface area contributed by atoms with Gasteiger partial charge in [-0.3, -0.25) is 0 Å². The fourth-order valence-corrected chi connectivity index (χ4v) is 4.16. The molecule has 2 rings (SSSR count). The van der Waals surface area contributed by atoms with Gasteiger partial charge in [-0.25, -0.2) is 8.42 Å². The van der Waals surface area contributed by atoms with E-state index in [9.17, 15) is 8.42 Å². The van der Waals surface area contributed by atoms with Crippen molar-refractivity contribution >= 4 is 33.2 Å². The minimum Gasteiger partial charge on any atom is -0.207 e. The maximum Gasteiger partial charge on any atom is 0.243 e. The van der Waals surface area contributed by atoms with Crippen LogP contribution in [0.25, 0.3) is 0 Å². The summed E-state index contributed by atoms with van der Waals surface area (Å²) in [6.45, 7) is 1.07. The molecule has 1 saturated heterocycles. The van der Waals surface area contributed by atoms with E-state index in [4.69, 9.17) is 23.2 Å². The van der Waals surface area contributed by atoms with Crippen LogP contribution in [0.2, 0.25) is 5.02 Å². The normalized spacial score (nSPS) is 19.0. The Morgan fingerprint density at radius 3 is 2.50 bits per heavy atom. The zero-order valence-electron chi connectivity index (χ0n) is 9.85. The Bertz CT molecular complexity index is 511. The van der Waals surface area contributed by atoms with Crippen LogP contribution in [0.3, 0.4) is 0 Å². The summed E-state index contributed by atoms with van der Waals surface area (Å²) in [4.78, 5) is 0.263. The van der Waals surface area contributed by atoms with Gasteiger partial charge in [0.05, 0.1) is 4.90 Å². The minimum absolute atomic E-state index is 0.263. The molecule has 0 aliphatic carbocycles. The summed E-state index contributed by atoms with van der Waals surface area (Å²) in [6, 6.07) is 6.39. The Kier molecular flexibility index (Phi) is 4.54. The van der Waals surface area contributed by atoms with E-state index in [1.807, 2.05) is 0 Å². The van der Waals surface area contributed by atoms with Crippen LogP contribution >= 0.6 is 23.2 Å². The number of alkyl halides is 1. The molecule has 1 aliphatic heterocycles. The zero-order valence-corrected chi connectivity index (χ0v) is 12.2. The predicted octanol–water partition coefficient (Wildman–Crippen LogP) is 2.98. The number of nitrogens with zero attached hydrogens (tertiary/aromatic N) is 1. The first-order chi connectivity index (χ1) is 8.54. The molecule has 0 unspecified atom stereocenters. The Balaban J connectivity index is 2.17. The molecule has 1 aromatic carbocycles. The lowest BCUT2D eigenvalue weighted by molar-refractivity contribution is 0.290. The van der Waals surface area contributed by atoms with Gasteiger partial charge in [-0.2, -0.15) is 4.31 Å². The maximum atomic E-state index is 12.4. The summed E-state index contributed by atoms with van der Waals surface area (Å²) in [5.41, 5.74) is 0. The van der Waals surface area contributed by atoms with Gasteiger partial charge in [-0.05, 0) is 37.0 Å². The highest BCUT2D eigenvalue weighted by atomic mass is 35.5. The molecule has 3 nitrogen and oxygen atoms in total. The monoisotopic (exact) mass is 307 g/mol. The van der Waals surface area contributed by atoms with Crippen molar-refractivity contribution in [3.05, 3.63) is 29.3 Å².